The molecule has 1 aromatic rings. The maximum atomic E-state index is 6.23. The van der Waals surface area contributed by atoms with E-state index in [2.05, 4.69) is 38.1 Å². The summed E-state index contributed by atoms with van der Waals surface area (Å²) in [5.74, 6) is 0.707. The van der Waals surface area contributed by atoms with E-state index in [-0.39, 0.29) is 5.54 Å². The van der Waals surface area contributed by atoms with Crippen LogP contribution in [0.25, 0.3) is 0 Å². The minimum absolute atomic E-state index is 0.127. The molecule has 1 heteroatoms. The fourth-order valence-electron chi connectivity index (χ4n) is 2.54. The third kappa shape index (κ3) is 2.46. The van der Waals surface area contributed by atoms with Gasteiger partial charge in [0.05, 0.1) is 0 Å². The van der Waals surface area contributed by atoms with E-state index in [1.165, 1.54) is 36.8 Å². The van der Waals surface area contributed by atoms with Crippen molar-refractivity contribution >= 4 is 0 Å². The molecule has 0 aromatic heterocycles. The fourth-order valence-corrected chi connectivity index (χ4v) is 2.54. The summed E-state index contributed by atoms with van der Waals surface area (Å²) in [6, 6.07) is 8.86. The Morgan fingerprint density at radius 1 is 1.19 bits per heavy atom. The Bertz CT molecular complexity index is 348. The number of nitrogens with two attached hydrogens (primary N) is 1. The Kier molecular flexibility index (Phi) is 3.34. The molecule has 88 valence electrons. The van der Waals surface area contributed by atoms with E-state index in [9.17, 15) is 0 Å². The van der Waals surface area contributed by atoms with Crippen molar-refractivity contribution in [2.24, 2.45) is 5.73 Å². The Morgan fingerprint density at radius 3 is 2.38 bits per heavy atom. The number of hydrogen-bond donors (Lipinski definition) is 1. The summed E-state index contributed by atoms with van der Waals surface area (Å²) in [6.45, 7) is 4.56. The van der Waals surface area contributed by atoms with Crippen molar-refractivity contribution in [2.45, 2.75) is 57.4 Å². The van der Waals surface area contributed by atoms with Crippen LogP contribution in [0.1, 0.15) is 56.6 Å². The van der Waals surface area contributed by atoms with Crippen molar-refractivity contribution in [3.63, 3.8) is 0 Å². The molecule has 1 aliphatic rings. The molecule has 1 aliphatic carbocycles. The fraction of sp³-hybridized carbons (Fsp3) is 0.600. The van der Waals surface area contributed by atoms with E-state index in [0.717, 1.165) is 6.42 Å². The maximum absolute atomic E-state index is 6.23. The minimum Gasteiger partial charge on any atom is -0.325 e. The van der Waals surface area contributed by atoms with Gasteiger partial charge >= 0.3 is 0 Å². The Balaban J connectivity index is 2.22. The summed E-state index contributed by atoms with van der Waals surface area (Å²) >= 11 is 0. The predicted octanol–water partition coefficient (Wildman–Crippen LogP) is 3.62. The van der Waals surface area contributed by atoms with Gasteiger partial charge in [-0.1, -0.05) is 38.1 Å². The van der Waals surface area contributed by atoms with Crippen LogP contribution < -0.4 is 5.73 Å². The van der Waals surface area contributed by atoms with Gasteiger partial charge in [-0.05, 0) is 49.1 Å². The lowest BCUT2D eigenvalue weighted by molar-refractivity contribution is 0.614. The second-order valence-corrected chi connectivity index (χ2v) is 5.25. The molecular weight excluding hydrogens is 194 g/mol. The van der Waals surface area contributed by atoms with Gasteiger partial charge in [0.1, 0.15) is 0 Å². The van der Waals surface area contributed by atoms with Crippen LogP contribution in [0.15, 0.2) is 24.3 Å². The molecule has 1 nitrogen and oxygen atoms in total. The topological polar surface area (TPSA) is 26.0 Å². The van der Waals surface area contributed by atoms with Crippen LogP contribution in [0, 0.1) is 0 Å². The zero-order valence-corrected chi connectivity index (χ0v) is 10.5. The summed E-state index contributed by atoms with van der Waals surface area (Å²) < 4.78 is 0. The standard InChI is InChI=1S/C15H23N/c1-3-12(4-2)14-8-6-5-7-13(14)11-15(16)9-10-15/h5-8,12H,3-4,9-11,16H2,1-2H3. The predicted molar refractivity (Wildman–Crippen MR) is 69.6 cm³/mol. The lowest BCUT2D eigenvalue weighted by Gasteiger charge is -2.19. The molecule has 0 atom stereocenters. The van der Waals surface area contributed by atoms with Crippen molar-refractivity contribution in [3.8, 4) is 0 Å². The van der Waals surface area contributed by atoms with Crippen LogP contribution in [0.3, 0.4) is 0 Å². The van der Waals surface area contributed by atoms with Gasteiger partial charge in [0, 0.05) is 5.54 Å². The van der Waals surface area contributed by atoms with Crippen molar-refractivity contribution in [2.75, 3.05) is 0 Å². The molecule has 0 spiro atoms. The van der Waals surface area contributed by atoms with Crippen LogP contribution >= 0.6 is 0 Å². The summed E-state index contributed by atoms with van der Waals surface area (Å²) in [4.78, 5) is 0. The SMILES string of the molecule is CCC(CC)c1ccccc1CC1(N)CC1. The zero-order chi connectivity index (χ0) is 11.6. The van der Waals surface area contributed by atoms with Crippen molar-refractivity contribution in [1.29, 1.82) is 0 Å². The molecule has 0 amide bonds. The number of hydrogen-bond acceptors (Lipinski definition) is 1. The van der Waals surface area contributed by atoms with Crippen LogP contribution in [-0.2, 0) is 6.42 Å². The quantitative estimate of drug-likeness (QED) is 0.801. The summed E-state index contributed by atoms with van der Waals surface area (Å²) in [5.41, 5.74) is 9.37. The third-order valence-corrected chi connectivity index (χ3v) is 3.92. The average Bonchev–Trinajstić information content (AvgIpc) is 3.00. The van der Waals surface area contributed by atoms with Gasteiger partial charge in [0.25, 0.3) is 0 Å². The molecule has 16 heavy (non-hydrogen) atoms. The van der Waals surface area contributed by atoms with Gasteiger partial charge in [-0.3, -0.25) is 0 Å². The molecule has 0 bridgehead atoms. The molecule has 1 saturated carbocycles. The van der Waals surface area contributed by atoms with Crippen molar-refractivity contribution in [1.82, 2.24) is 0 Å². The molecule has 1 aromatic carbocycles. The van der Waals surface area contributed by atoms with Crippen molar-refractivity contribution in [3.05, 3.63) is 35.4 Å². The second-order valence-electron chi connectivity index (χ2n) is 5.25. The highest BCUT2D eigenvalue weighted by Gasteiger charge is 2.38. The van der Waals surface area contributed by atoms with Gasteiger partial charge in [-0.2, -0.15) is 0 Å². The number of benzene rings is 1. The molecule has 1 fully saturated rings. The highest BCUT2D eigenvalue weighted by atomic mass is 14.8. The van der Waals surface area contributed by atoms with E-state index in [1.54, 1.807) is 0 Å². The van der Waals surface area contributed by atoms with E-state index in [1.807, 2.05) is 0 Å². The van der Waals surface area contributed by atoms with Gasteiger partial charge in [0.2, 0.25) is 0 Å². The van der Waals surface area contributed by atoms with E-state index >= 15 is 0 Å². The lowest BCUT2D eigenvalue weighted by atomic mass is 9.87. The van der Waals surface area contributed by atoms with E-state index < -0.39 is 0 Å². The summed E-state index contributed by atoms with van der Waals surface area (Å²) in [6.07, 6.45) is 5.92. The monoisotopic (exact) mass is 217 g/mol. The first-order valence-corrected chi connectivity index (χ1v) is 6.55. The van der Waals surface area contributed by atoms with Gasteiger partial charge in [-0.25, -0.2) is 0 Å². The Hall–Kier alpha value is -0.820. The van der Waals surface area contributed by atoms with Crippen LogP contribution in [0.2, 0.25) is 0 Å². The summed E-state index contributed by atoms with van der Waals surface area (Å²) in [5, 5.41) is 0. The molecule has 0 unspecified atom stereocenters. The first-order valence-electron chi connectivity index (χ1n) is 6.55. The minimum atomic E-state index is 0.127. The number of rotatable bonds is 5. The van der Waals surface area contributed by atoms with Gasteiger partial charge < -0.3 is 5.73 Å². The molecule has 0 saturated heterocycles. The van der Waals surface area contributed by atoms with Crippen LogP contribution in [-0.4, -0.2) is 5.54 Å². The van der Waals surface area contributed by atoms with E-state index in [4.69, 9.17) is 5.73 Å². The molecule has 0 heterocycles. The second kappa shape index (κ2) is 4.58. The molecule has 2 N–H and O–H groups in total. The Morgan fingerprint density at radius 2 is 1.81 bits per heavy atom. The molecule has 0 radical (unpaired) electrons. The summed E-state index contributed by atoms with van der Waals surface area (Å²) in [7, 11) is 0. The van der Waals surface area contributed by atoms with Gasteiger partial charge in [0.15, 0.2) is 0 Å². The first kappa shape index (κ1) is 11.7. The van der Waals surface area contributed by atoms with E-state index in [0.29, 0.717) is 5.92 Å². The van der Waals surface area contributed by atoms with Crippen LogP contribution in [0.5, 0.6) is 0 Å². The van der Waals surface area contributed by atoms with Gasteiger partial charge in [-0.15, -0.1) is 0 Å². The van der Waals surface area contributed by atoms with Crippen LogP contribution in [0.4, 0.5) is 0 Å². The first-order chi connectivity index (χ1) is 7.68. The Labute approximate surface area is 99.0 Å². The molecule has 2 rings (SSSR count). The maximum Gasteiger partial charge on any atom is 0.0196 e. The normalized spacial score (nSPS) is 17.8. The zero-order valence-electron chi connectivity index (χ0n) is 10.5. The highest BCUT2D eigenvalue weighted by molar-refractivity contribution is 5.33. The largest absolute Gasteiger partial charge is 0.325 e. The lowest BCUT2D eigenvalue weighted by Crippen LogP contribution is -2.25. The molecular formula is C15H23N. The smallest absolute Gasteiger partial charge is 0.0196 e. The average molecular weight is 217 g/mol. The highest BCUT2D eigenvalue weighted by Crippen LogP contribution is 2.38. The molecule has 0 aliphatic heterocycles. The van der Waals surface area contributed by atoms with Crippen molar-refractivity contribution < 1.29 is 0 Å². The third-order valence-electron chi connectivity index (χ3n) is 3.92.